The van der Waals surface area contributed by atoms with E-state index >= 15 is 0 Å². The van der Waals surface area contributed by atoms with Crippen molar-refractivity contribution in [2.75, 3.05) is 0 Å². The minimum absolute atomic E-state index is 0.201. The van der Waals surface area contributed by atoms with Crippen LogP contribution in [0.25, 0.3) is 0 Å². The van der Waals surface area contributed by atoms with E-state index in [1.165, 1.54) is 12.8 Å². The summed E-state index contributed by atoms with van der Waals surface area (Å²) in [6, 6.07) is 0.869. The molecule has 2 saturated carbocycles. The van der Waals surface area contributed by atoms with Gasteiger partial charge in [-0.3, -0.25) is 0 Å². The van der Waals surface area contributed by atoms with Gasteiger partial charge >= 0.3 is 0 Å². The smallest absolute Gasteiger partial charge is 0.115 e. The summed E-state index contributed by atoms with van der Waals surface area (Å²) in [7, 11) is 0. The van der Waals surface area contributed by atoms with E-state index in [1.807, 2.05) is 0 Å². The number of alkyl halides is 1. The summed E-state index contributed by atoms with van der Waals surface area (Å²) in [5, 5.41) is 3.33. The molecule has 2 atom stereocenters. The Labute approximate surface area is 61.0 Å². The van der Waals surface area contributed by atoms with E-state index in [0.29, 0.717) is 6.04 Å². The largest absolute Gasteiger partial charge is 0.308 e. The van der Waals surface area contributed by atoms with E-state index in [0.717, 1.165) is 19.3 Å². The molecule has 58 valence electrons. The van der Waals surface area contributed by atoms with Crippen LogP contribution < -0.4 is 5.32 Å². The quantitative estimate of drug-likeness (QED) is 0.619. The van der Waals surface area contributed by atoms with E-state index < -0.39 is 6.17 Å². The molecule has 0 spiro atoms. The van der Waals surface area contributed by atoms with Gasteiger partial charge in [-0.2, -0.15) is 0 Å². The Morgan fingerprint density at radius 2 is 1.90 bits per heavy atom. The second kappa shape index (κ2) is 2.50. The van der Waals surface area contributed by atoms with Gasteiger partial charge in [0.2, 0.25) is 0 Å². The van der Waals surface area contributed by atoms with Crippen LogP contribution in [0.4, 0.5) is 4.39 Å². The molecule has 1 N–H and O–H groups in total. The van der Waals surface area contributed by atoms with Crippen LogP contribution in [0.3, 0.4) is 0 Å². The van der Waals surface area contributed by atoms with E-state index in [-0.39, 0.29) is 6.04 Å². The standard InChI is InChI=1S/C8H14FN/c9-7-2-1-3-8(7)10-6-4-5-6/h6-8,10H,1-5H2. The lowest BCUT2D eigenvalue weighted by atomic mass is 10.2. The minimum atomic E-state index is -0.555. The Bertz CT molecular complexity index is 122. The van der Waals surface area contributed by atoms with Crippen LogP contribution in [0, 0.1) is 0 Å². The molecule has 2 aliphatic rings. The van der Waals surface area contributed by atoms with Crippen LogP contribution in [-0.2, 0) is 0 Å². The van der Waals surface area contributed by atoms with E-state index in [2.05, 4.69) is 5.32 Å². The normalized spacial score (nSPS) is 40.5. The lowest BCUT2D eigenvalue weighted by Crippen LogP contribution is -2.34. The summed E-state index contributed by atoms with van der Waals surface area (Å²) < 4.78 is 12.9. The number of hydrogen-bond donors (Lipinski definition) is 1. The highest BCUT2D eigenvalue weighted by molar-refractivity contribution is 4.90. The molecule has 1 nitrogen and oxygen atoms in total. The molecule has 10 heavy (non-hydrogen) atoms. The zero-order valence-corrected chi connectivity index (χ0v) is 6.15. The predicted molar refractivity (Wildman–Crippen MR) is 38.7 cm³/mol. The second-order valence-electron chi connectivity index (χ2n) is 3.49. The molecule has 0 aromatic heterocycles. The van der Waals surface area contributed by atoms with Crippen molar-refractivity contribution in [2.24, 2.45) is 0 Å². The molecule has 2 aliphatic carbocycles. The first-order valence-corrected chi connectivity index (χ1v) is 4.26. The SMILES string of the molecule is FC1CCCC1NC1CC1. The molecule has 0 radical (unpaired) electrons. The average molecular weight is 143 g/mol. The van der Waals surface area contributed by atoms with Crippen molar-refractivity contribution in [3.05, 3.63) is 0 Å². The van der Waals surface area contributed by atoms with E-state index in [9.17, 15) is 4.39 Å². The highest BCUT2D eigenvalue weighted by atomic mass is 19.1. The van der Waals surface area contributed by atoms with Crippen LogP contribution in [0.15, 0.2) is 0 Å². The highest BCUT2D eigenvalue weighted by Crippen LogP contribution is 2.27. The maximum Gasteiger partial charge on any atom is 0.115 e. The van der Waals surface area contributed by atoms with Crippen LogP contribution in [-0.4, -0.2) is 18.3 Å². The van der Waals surface area contributed by atoms with Crippen molar-refractivity contribution in [3.63, 3.8) is 0 Å². The number of halogens is 1. The monoisotopic (exact) mass is 143 g/mol. The van der Waals surface area contributed by atoms with Crippen molar-refractivity contribution in [2.45, 2.75) is 50.4 Å². The molecular weight excluding hydrogens is 129 g/mol. The number of rotatable bonds is 2. The van der Waals surface area contributed by atoms with Gasteiger partial charge in [-0.25, -0.2) is 4.39 Å². The van der Waals surface area contributed by atoms with Gasteiger partial charge in [0.25, 0.3) is 0 Å². The molecular formula is C8H14FN. The van der Waals surface area contributed by atoms with Crippen LogP contribution in [0.2, 0.25) is 0 Å². The van der Waals surface area contributed by atoms with Crippen molar-refractivity contribution in [1.29, 1.82) is 0 Å². The van der Waals surface area contributed by atoms with Crippen molar-refractivity contribution < 1.29 is 4.39 Å². The molecule has 2 fully saturated rings. The number of hydrogen-bond acceptors (Lipinski definition) is 1. The first-order chi connectivity index (χ1) is 4.86. The second-order valence-corrected chi connectivity index (χ2v) is 3.49. The Kier molecular flexibility index (Phi) is 1.65. The summed E-state index contributed by atoms with van der Waals surface area (Å²) in [4.78, 5) is 0. The maximum atomic E-state index is 12.9. The number of nitrogens with one attached hydrogen (secondary N) is 1. The molecule has 2 rings (SSSR count). The molecule has 0 aromatic carbocycles. The van der Waals surface area contributed by atoms with Crippen molar-refractivity contribution in [3.8, 4) is 0 Å². The summed E-state index contributed by atoms with van der Waals surface area (Å²) in [6.45, 7) is 0. The van der Waals surface area contributed by atoms with Crippen LogP contribution >= 0.6 is 0 Å². The van der Waals surface area contributed by atoms with Gasteiger partial charge < -0.3 is 5.32 Å². The van der Waals surface area contributed by atoms with Gasteiger partial charge in [0, 0.05) is 12.1 Å². The summed E-state index contributed by atoms with van der Waals surface area (Å²) in [5.41, 5.74) is 0. The predicted octanol–water partition coefficient (Wildman–Crippen LogP) is 1.63. The molecule has 0 saturated heterocycles. The van der Waals surface area contributed by atoms with Gasteiger partial charge in [-0.15, -0.1) is 0 Å². The first kappa shape index (κ1) is 6.59. The maximum absolute atomic E-state index is 12.9. The molecule has 0 heterocycles. The summed E-state index contributed by atoms with van der Waals surface area (Å²) >= 11 is 0. The Morgan fingerprint density at radius 3 is 2.40 bits per heavy atom. The fraction of sp³-hybridized carbons (Fsp3) is 1.00. The van der Waals surface area contributed by atoms with Gasteiger partial charge in [-0.1, -0.05) is 0 Å². The summed E-state index contributed by atoms with van der Waals surface area (Å²) in [6.07, 6.45) is 4.89. The first-order valence-electron chi connectivity index (χ1n) is 4.26. The Balaban J connectivity index is 1.79. The topological polar surface area (TPSA) is 12.0 Å². The van der Waals surface area contributed by atoms with Gasteiger partial charge in [0.1, 0.15) is 6.17 Å². The molecule has 0 aliphatic heterocycles. The van der Waals surface area contributed by atoms with Gasteiger partial charge in [0.05, 0.1) is 0 Å². The van der Waals surface area contributed by atoms with E-state index in [4.69, 9.17) is 0 Å². The third kappa shape index (κ3) is 1.31. The molecule has 0 aromatic rings. The lowest BCUT2D eigenvalue weighted by Gasteiger charge is -2.13. The fourth-order valence-electron chi connectivity index (χ4n) is 1.66. The van der Waals surface area contributed by atoms with Gasteiger partial charge in [0.15, 0.2) is 0 Å². The fourth-order valence-corrected chi connectivity index (χ4v) is 1.66. The third-order valence-electron chi connectivity index (χ3n) is 2.46. The molecule has 0 bridgehead atoms. The zero-order valence-electron chi connectivity index (χ0n) is 6.15. The Hall–Kier alpha value is -0.110. The average Bonchev–Trinajstić information content (AvgIpc) is 2.62. The molecule has 2 unspecified atom stereocenters. The van der Waals surface area contributed by atoms with Crippen molar-refractivity contribution in [1.82, 2.24) is 5.32 Å². The van der Waals surface area contributed by atoms with Crippen LogP contribution in [0.5, 0.6) is 0 Å². The molecule has 2 heteroatoms. The molecule has 0 amide bonds. The summed E-state index contributed by atoms with van der Waals surface area (Å²) in [5.74, 6) is 0. The lowest BCUT2D eigenvalue weighted by molar-refractivity contribution is 0.279. The highest BCUT2D eigenvalue weighted by Gasteiger charge is 2.32. The minimum Gasteiger partial charge on any atom is -0.308 e. The zero-order chi connectivity index (χ0) is 6.97. The van der Waals surface area contributed by atoms with Crippen LogP contribution in [0.1, 0.15) is 32.1 Å². The van der Waals surface area contributed by atoms with Crippen molar-refractivity contribution >= 4 is 0 Å². The van der Waals surface area contributed by atoms with Gasteiger partial charge in [-0.05, 0) is 32.1 Å². The van der Waals surface area contributed by atoms with E-state index in [1.54, 1.807) is 0 Å². The Morgan fingerprint density at radius 1 is 1.10 bits per heavy atom. The third-order valence-corrected chi connectivity index (χ3v) is 2.46.